The Hall–Kier alpha value is -2.14. The van der Waals surface area contributed by atoms with Crippen LogP contribution in [0.4, 0.5) is 5.69 Å². The summed E-state index contributed by atoms with van der Waals surface area (Å²) < 4.78 is 5.32. The molecule has 0 spiro atoms. The van der Waals surface area contributed by atoms with E-state index in [1.807, 2.05) is 48.2 Å². The highest BCUT2D eigenvalue weighted by Gasteiger charge is 2.36. The fraction of sp³-hybridized carbons (Fsp3) is 0.474. The highest BCUT2D eigenvalue weighted by Crippen LogP contribution is 2.29. The number of carbonyl (C=O) groups is 2. The third-order valence-corrected chi connectivity index (χ3v) is 4.81. The van der Waals surface area contributed by atoms with Gasteiger partial charge in [0.05, 0.1) is 25.0 Å². The van der Waals surface area contributed by atoms with E-state index in [1.54, 1.807) is 0 Å². The van der Waals surface area contributed by atoms with Gasteiger partial charge in [0.25, 0.3) is 0 Å². The van der Waals surface area contributed by atoms with Gasteiger partial charge < -0.3 is 15.0 Å². The smallest absolute Gasteiger partial charge is 0.228 e. The first-order chi connectivity index (χ1) is 11.7. The fourth-order valence-corrected chi connectivity index (χ4v) is 3.33. The molecule has 128 valence electrons. The van der Waals surface area contributed by atoms with Gasteiger partial charge in [0, 0.05) is 18.8 Å². The van der Waals surface area contributed by atoms with Crippen LogP contribution in [0.3, 0.4) is 0 Å². The highest BCUT2D eigenvalue weighted by molar-refractivity contribution is 5.97. The first kappa shape index (κ1) is 16.7. The molecule has 0 saturated carbocycles. The van der Waals surface area contributed by atoms with Gasteiger partial charge in [-0.15, -0.1) is 0 Å². The van der Waals surface area contributed by atoms with Crippen molar-refractivity contribution in [1.29, 1.82) is 0 Å². The van der Waals surface area contributed by atoms with Gasteiger partial charge >= 0.3 is 0 Å². The number of hydrogen-bond acceptors (Lipinski definition) is 3. The Morgan fingerprint density at radius 1 is 1.08 bits per heavy atom. The predicted molar refractivity (Wildman–Crippen MR) is 92.6 cm³/mol. The van der Waals surface area contributed by atoms with Crippen LogP contribution < -0.4 is 5.32 Å². The van der Waals surface area contributed by atoms with E-state index in [9.17, 15) is 9.59 Å². The molecule has 0 radical (unpaired) electrons. The minimum absolute atomic E-state index is 0.0692. The van der Waals surface area contributed by atoms with Gasteiger partial charge in [0.1, 0.15) is 0 Å². The van der Waals surface area contributed by atoms with Gasteiger partial charge in [-0.1, -0.05) is 30.4 Å². The van der Waals surface area contributed by atoms with Crippen LogP contribution in [0.2, 0.25) is 0 Å². The van der Waals surface area contributed by atoms with Crippen LogP contribution >= 0.6 is 0 Å². The van der Waals surface area contributed by atoms with Crippen molar-refractivity contribution in [2.75, 3.05) is 31.6 Å². The van der Waals surface area contributed by atoms with Crippen LogP contribution in [0.15, 0.2) is 36.4 Å². The molecule has 1 N–H and O–H groups in total. The summed E-state index contributed by atoms with van der Waals surface area (Å²) >= 11 is 0. The maximum Gasteiger partial charge on any atom is 0.228 e. The molecule has 1 saturated heterocycles. The minimum Gasteiger partial charge on any atom is -0.378 e. The molecule has 1 aliphatic carbocycles. The van der Waals surface area contributed by atoms with Crippen LogP contribution in [0, 0.1) is 18.8 Å². The van der Waals surface area contributed by atoms with E-state index in [-0.39, 0.29) is 23.7 Å². The van der Waals surface area contributed by atoms with Crippen molar-refractivity contribution in [2.24, 2.45) is 11.8 Å². The van der Waals surface area contributed by atoms with Gasteiger partial charge in [0.15, 0.2) is 0 Å². The molecule has 24 heavy (non-hydrogen) atoms. The summed E-state index contributed by atoms with van der Waals surface area (Å²) in [7, 11) is 0. The number of aryl methyl sites for hydroxylation is 1. The maximum atomic E-state index is 12.8. The Labute approximate surface area is 142 Å². The maximum absolute atomic E-state index is 12.8. The summed E-state index contributed by atoms with van der Waals surface area (Å²) in [5.74, 6) is -0.588. The third-order valence-electron chi connectivity index (χ3n) is 4.81. The highest BCUT2D eigenvalue weighted by atomic mass is 16.5. The van der Waals surface area contributed by atoms with Crippen LogP contribution in [-0.4, -0.2) is 43.0 Å². The van der Waals surface area contributed by atoms with E-state index in [0.717, 1.165) is 11.3 Å². The van der Waals surface area contributed by atoms with Gasteiger partial charge in [-0.2, -0.15) is 0 Å². The Morgan fingerprint density at radius 2 is 1.75 bits per heavy atom. The Balaban J connectivity index is 1.72. The lowest BCUT2D eigenvalue weighted by Gasteiger charge is -2.34. The second kappa shape index (κ2) is 7.62. The zero-order valence-corrected chi connectivity index (χ0v) is 14.0. The second-order valence-electron chi connectivity index (χ2n) is 6.40. The molecule has 2 atom stereocenters. The number of hydrogen-bond donors (Lipinski definition) is 1. The molecule has 5 heteroatoms. The first-order valence-electron chi connectivity index (χ1n) is 8.55. The normalized spacial score (nSPS) is 23.8. The van der Waals surface area contributed by atoms with E-state index in [2.05, 4.69) is 5.32 Å². The van der Waals surface area contributed by atoms with Crippen molar-refractivity contribution in [3.8, 4) is 0 Å². The predicted octanol–water partition coefficient (Wildman–Crippen LogP) is 2.37. The lowest BCUT2D eigenvalue weighted by atomic mass is 9.81. The van der Waals surface area contributed by atoms with Gasteiger partial charge in [0.2, 0.25) is 11.8 Å². The number of allylic oxidation sites excluding steroid dienone is 2. The average Bonchev–Trinajstić information content (AvgIpc) is 2.63. The molecule has 1 aromatic carbocycles. The lowest BCUT2D eigenvalue weighted by Crippen LogP contribution is -2.47. The molecule has 1 fully saturated rings. The minimum atomic E-state index is -0.315. The van der Waals surface area contributed by atoms with Crippen molar-refractivity contribution < 1.29 is 14.3 Å². The van der Waals surface area contributed by atoms with E-state index in [4.69, 9.17) is 4.74 Å². The molecular formula is C19H24N2O3. The van der Waals surface area contributed by atoms with Crippen molar-refractivity contribution in [2.45, 2.75) is 19.8 Å². The molecule has 2 unspecified atom stereocenters. The Bertz CT molecular complexity index is 635. The average molecular weight is 328 g/mol. The Morgan fingerprint density at radius 3 is 2.46 bits per heavy atom. The number of ether oxygens (including phenoxy) is 1. The molecule has 0 bridgehead atoms. The monoisotopic (exact) mass is 328 g/mol. The Kier molecular flexibility index (Phi) is 5.30. The first-order valence-corrected chi connectivity index (χ1v) is 8.55. The zero-order chi connectivity index (χ0) is 16.9. The van der Waals surface area contributed by atoms with E-state index >= 15 is 0 Å². The molecule has 2 amide bonds. The van der Waals surface area contributed by atoms with Crippen molar-refractivity contribution >= 4 is 17.5 Å². The number of benzene rings is 1. The molecule has 1 heterocycles. The van der Waals surface area contributed by atoms with Gasteiger partial charge in [-0.05, 0) is 31.4 Å². The van der Waals surface area contributed by atoms with E-state index < -0.39 is 0 Å². The standard InChI is InChI=1S/C19H24N2O3/c1-14-6-2-5-9-17(14)20-18(22)15-7-3-4-8-16(15)19(23)21-10-12-24-13-11-21/h2-6,9,15-16H,7-8,10-13H2,1H3,(H,20,22). The molecule has 3 rings (SSSR count). The quantitative estimate of drug-likeness (QED) is 0.867. The fourth-order valence-electron chi connectivity index (χ4n) is 3.33. The van der Waals surface area contributed by atoms with Crippen molar-refractivity contribution in [3.05, 3.63) is 42.0 Å². The second-order valence-corrected chi connectivity index (χ2v) is 6.40. The topological polar surface area (TPSA) is 58.6 Å². The number of nitrogens with one attached hydrogen (secondary N) is 1. The largest absolute Gasteiger partial charge is 0.378 e. The molecule has 1 aliphatic heterocycles. The number of anilines is 1. The van der Waals surface area contributed by atoms with Gasteiger partial charge in [-0.3, -0.25) is 9.59 Å². The summed E-state index contributed by atoms with van der Waals surface area (Å²) in [6, 6.07) is 7.70. The number of para-hydroxylation sites is 1. The summed E-state index contributed by atoms with van der Waals surface area (Å²) in [4.78, 5) is 27.5. The summed E-state index contributed by atoms with van der Waals surface area (Å²) in [5.41, 5.74) is 1.84. The number of morpholine rings is 1. The van der Waals surface area contributed by atoms with Crippen LogP contribution in [0.1, 0.15) is 18.4 Å². The lowest BCUT2D eigenvalue weighted by molar-refractivity contribution is -0.144. The number of nitrogens with zero attached hydrogens (tertiary/aromatic N) is 1. The SMILES string of the molecule is Cc1ccccc1NC(=O)C1CC=CCC1C(=O)N1CCOCC1. The number of carbonyl (C=O) groups excluding carboxylic acids is 2. The van der Waals surface area contributed by atoms with Crippen LogP contribution in [0.5, 0.6) is 0 Å². The summed E-state index contributed by atoms with van der Waals surface area (Å²) in [6.07, 6.45) is 5.26. The zero-order valence-electron chi connectivity index (χ0n) is 14.0. The van der Waals surface area contributed by atoms with E-state index in [1.165, 1.54) is 0 Å². The third kappa shape index (κ3) is 3.67. The molecular weight excluding hydrogens is 304 g/mol. The van der Waals surface area contributed by atoms with Gasteiger partial charge in [-0.25, -0.2) is 0 Å². The molecule has 2 aliphatic rings. The number of rotatable bonds is 3. The number of amides is 2. The van der Waals surface area contributed by atoms with Crippen LogP contribution in [-0.2, 0) is 14.3 Å². The van der Waals surface area contributed by atoms with Crippen LogP contribution in [0.25, 0.3) is 0 Å². The van der Waals surface area contributed by atoms with Crippen molar-refractivity contribution in [1.82, 2.24) is 4.90 Å². The molecule has 5 nitrogen and oxygen atoms in total. The summed E-state index contributed by atoms with van der Waals surface area (Å²) in [5, 5.41) is 3.00. The van der Waals surface area contributed by atoms with E-state index in [0.29, 0.717) is 39.1 Å². The van der Waals surface area contributed by atoms with Crippen molar-refractivity contribution in [3.63, 3.8) is 0 Å². The summed E-state index contributed by atoms with van der Waals surface area (Å²) in [6.45, 7) is 4.35. The molecule has 1 aromatic rings. The molecule has 0 aromatic heterocycles.